The SMILES string of the molecule is CCCCn1nc(C(=O)NC(C)c2ccc3ccccc3c2)ccc1=O. The molecule has 3 aromatic rings. The van der Waals surface area contributed by atoms with E-state index in [9.17, 15) is 9.59 Å². The van der Waals surface area contributed by atoms with Crippen LogP contribution >= 0.6 is 0 Å². The van der Waals surface area contributed by atoms with Gasteiger partial charge in [-0.25, -0.2) is 4.68 Å². The summed E-state index contributed by atoms with van der Waals surface area (Å²) in [5, 5.41) is 9.46. The van der Waals surface area contributed by atoms with Gasteiger partial charge in [0.05, 0.1) is 6.04 Å². The lowest BCUT2D eigenvalue weighted by molar-refractivity contribution is 0.0932. The molecule has 0 aliphatic heterocycles. The highest BCUT2D eigenvalue weighted by Gasteiger charge is 2.14. The van der Waals surface area contributed by atoms with E-state index in [-0.39, 0.29) is 23.2 Å². The monoisotopic (exact) mass is 349 g/mol. The first-order valence-electron chi connectivity index (χ1n) is 8.96. The fourth-order valence-corrected chi connectivity index (χ4v) is 2.87. The van der Waals surface area contributed by atoms with Gasteiger partial charge in [-0.05, 0) is 41.8 Å². The van der Waals surface area contributed by atoms with E-state index >= 15 is 0 Å². The van der Waals surface area contributed by atoms with Crippen LogP contribution in [0.15, 0.2) is 59.4 Å². The number of benzene rings is 2. The van der Waals surface area contributed by atoms with Gasteiger partial charge in [0.25, 0.3) is 11.5 Å². The Hall–Kier alpha value is -2.95. The van der Waals surface area contributed by atoms with Crippen LogP contribution in [-0.2, 0) is 6.54 Å². The number of nitrogens with zero attached hydrogens (tertiary/aromatic N) is 2. The van der Waals surface area contributed by atoms with E-state index < -0.39 is 0 Å². The van der Waals surface area contributed by atoms with Gasteiger partial charge in [-0.2, -0.15) is 5.10 Å². The molecular weight excluding hydrogens is 326 g/mol. The van der Waals surface area contributed by atoms with E-state index in [2.05, 4.69) is 34.7 Å². The second kappa shape index (κ2) is 7.95. The molecule has 0 fully saturated rings. The van der Waals surface area contributed by atoms with Crippen LogP contribution in [0, 0.1) is 0 Å². The van der Waals surface area contributed by atoms with Crippen molar-refractivity contribution in [3.63, 3.8) is 0 Å². The molecule has 1 heterocycles. The van der Waals surface area contributed by atoms with Crippen molar-refractivity contribution >= 4 is 16.7 Å². The molecule has 1 N–H and O–H groups in total. The maximum absolute atomic E-state index is 12.5. The average molecular weight is 349 g/mol. The molecule has 5 heteroatoms. The molecule has 5 nitrogen and oxygen atoms in total. The summed E-state index contributed by atoms with van der Waals surface area (Å²) < 4.78 is 1.36. The maximum atomic E-state index is 12.5. The van der Waals surface area contributed by atoms with Crippen LogP contribution in [0.1, 0.15) is 48.8 Å². The summed E-state index contributed by atoms with van der Waals surface area (Å²) in [5.74, 6) is -0.282. The summed E-state index contributed by atoms with van der Waals surface area (Å²) in [5.41, 5.74) is 1.10. The summed E-state index contributed by atoms with van der Waals surface area (Å²) >= 11 is 0. The van der Waals surface area contributed by atoms with Gasteiger partial charge >= 0.3 is 0 Å². The third-order valence-electron chi connectivity index (χ3n) is 4.44. The Labute approximate surface area is 152 Å². The van der Waals surface area contributed by atoms with Gasteiger partial charge in [0.2, 0.25) is 0 Å². The average Bonchev–Trinajstić information content (AvgIpc) is 2.66. The van der Waals surface area contributed by atoms with E-state index in [4.69, 9.17) is 0 Å². The number of carbonyl (C=O) groups excluding carboxylic acids is 1. The highest BCUT2D eigenvalue weighted by atomic mass is 16.2. The topological polar surface area (TPSA) is 64.0 Å². The number of nitrogens with one attached hydrogen (secondary N) is 1. The normalized spacial score (nSPS) is 12.1. The van der Waals surface area contributed by atoms with Gasteiger partial charge < -0.3 is 5.32 Å². The summed E-state index contributed by atoms with van der Waals surface area (Å²) in [6.07, 6.45) is 1.81. The predicted octanol–water partition coefficient (Wildman–Crippen LogP) is 3.69. The van der Waals surface area contributed by atoms with Crippen molar-refractivity contribution in [2.24, 2.45) is 0 Å². The lowest BCUT2D eigenvalue weighted by Crippen LogP contribution is -2.31. The maximum Gasteiger partial charge on any atom is 0.272 e. The predicted molar refractivity (Wildman–Crippen MR) is 103 cm³/mol. The Balaban J connectivity index is 1.76. The lowest BCUT2D eigenvalue weighted by atomic mass is 10.0. The van der Waals surface area contributed by atoms with Crippen LogP contribution in [0.2, 0.25) is 0 Å². The Kier molecular flexibility index (Phi) is 5.46. The van der Waals surface area contributed by atoms with E-state index in [0.29, 0.717) is 6.54 Å². The number of unbranched alkanes of at least 4 members (excludes halogenated alkanes) is 1. The molecule has 0 spiro atoms. The molecule has 0 radical (unpaired) electrons. The molecule has 0 saturated carbocycles. The minimum absolute atomic E-state index is 0.162. The van der Waals surface area contributed by atoms with Gasteiger partial charge in [-0.3, -0.25) is 9.59 Å². The van der Waals surface area contributed by atoms with Gasteiger partial charge in [0, 0.05) is 12.6 Å². The Morgan fingerprint density at radius 3 is 2.65 bits per heavy atom. The van der Waals surface area contributed by atoms with Crippen LogP contribution in [0.3, 0.4) is 0 Å². The second-order valence-corrected chi connectivity index (χ2v) is 6.44. The summed E-state index contributed by atoms with van der Waals surface area (Å²) in [6, 6.07) is 17.0. The van der Waals surface area contributed by atoms with Crippen LogP contribution in [0.5, 0.6) is 0 Å². The van der Waals surface area contributed by atoms with E-state index in [1.807, 2.05) is 32.0 Å². The molecular formula is C21H23N3O2. The molecule has 2 aromatic carbocycles. The summed E-state index contributed by atoms with van der Waals surface area (Å²) in [6.45, 7) is 4.51. The minimum Gasteiger partial charge on any atom is -0.344 e. The van der Waals surface area contributed by atoms with Crippen molar-refractivity contribution in [3.8, 4) is 0 Å². The molecule has 1 aromatic heterocycles. The van der Waals surface area contributed by atoms with Crippen molar-refractivity contribution in [3.05, 3.63) is 76.2 Å². The largest absolute Gasteiger partial charge is 0.344 e. The quantitative estimate of drug-likeness (QED) is 0.738. The van der Waals surface area contributed by atoms with Crippen LogP contribution < -0.4 is 10.9 Å². The van der Waals surface area contributed by atoms with E-state index in [1.54, 1.807) is 0 Å². The first kappa shape index (κ1) is 17.9. The van der Waals surface area contributed by atoms with Gasteiger partial charge in [0.1, 0.15) is 5.69 Å². The second-order valence-electron chi connectivity index (χ2n) is 6.44. The fourth-order valence-electron chi connectivity index (χ4n) is 2.87. The number of hydrogen-bond donors (Lipinski definition) is 1. The zero-order valence-electron chi connectivity index (χ0n) is 15.1. The standard InChI is InChI=1S/C21H23N3O2/c1-3-4-13-24-20(25)12-11-19(23-24)21(26)22-15(2)17-10-9-16-7-5-6-8-18(16)14-17/h5-12,14-15H,3-4,13H2,1-2H3,(H,22,26). The van der Waals surface area contributed by atoms with Crippen molar-refractivity contribution in [2.75, 3.05) is 0 Å². The molecule has 1 atom stereocenters. The summed E-state index contributed by atoms with van der Waals surface area (Å²) in [7, 11) is 0. The zero-order chi connectivity index (χ0) is 18.5. The van der Waals surface area contributed by atoms with Crippen LogP contribution in [0.25, 0.3) is 10.8 Å². The molecule has 26 heavy (non-hydrogen) atoms. The van der Waals surface area contributed by atoms with Crippen molar-refractivity contribution in [1.82, 2.24) is 15.1 Å². The van der Waals surface area contributed by atoms with E-state index in [0.717, 1.165) is 23.8 Å². The highest BCUT2D eigenvalue weighted by Crippen LogP contribution is 2.20. The molecule has 0 saturated heterocycles. The van der Waals surface area contributed by atoms with Crippen molar-refractivity contribution in [1.29, 1.82) is 0 Å². The van der Waals surface area contributed by atoms with Crippen molar-refractivity contribution < 1.29 is 4.79 Å². The number of amides is 1. The number of rotatable bonds is 6. The number of aryl methyl sites for hydroxylation is 1. The molecule has 1 unspecified atom stereocenters. The van der Waals surface area contributed by atoms with Gasteiger partial charge in [0.15, 0.2) is 0 Å². The molecule has 3 rings (SSSR count). The fraction of sp³-hybridized carbons (Fsp3) is 0.286. The van der Waals surface area contributed by atoms with Crippen LogP contribution in [-0.4, -0.2) is 15.7 Å². The number of aromatic nitrogens is 2. The molecule has 1 amide bonds. The number of fused-ring (bicyclic) bond motifs is 1. The Morgan fingerprint density at radius 2 is 1.88 bits per heavy atom. The third-order valence-corrected chi connectivity index (χ3v) is 4.44. The number of carbonyl (C=O) groups is 1. The zero-order valence-corrected chi connectivity index (χ0v) is 15.1. The first-order chi connectivity index (χ1) is 12.6. The first-order valence-corrected chi connectivity index (χ1v) is 8.96. The number of hydrogen-bond acceptors (Lipinski definition) is 3. The van der Waals surface area contributed by atoms with Gasteiger partial charge in [-0.15, -0.1) is 0 Å². The lowest BCUT2D eigenvalue weighted by Gasteiger charge is -2.15. The molecule has 0 aliphatic carbocycles. The van der Waals surface area contributed by atoms with Crippen molar-refractivity contribution in [2.45, 2.75) is 39.3 Å². The highest BCUT2D eigenvalue weighted by molar-refractivity contribution is 5.92. The smallest absolute Gasteiger partial charge is 0.272 e. The minimum atomic E-state index is -0.282. The molecule has 0 bridgehead atoms. The Bertz CT molecular complexity index is 978. The Morgan fingerprint density at radius 1 is 1.12 bits per heavy atom. The van der Waals surface area contributed by atoms with Gasteiger partial charge in [-0.1, -0.05) is 49.7 Å². The molecule has 0 aliphatic rings. The summed E-state index contributed by atoms with van der Waals surface area (Å²) in [4.78, 5) is 24.4. The van der Waals surface area contributed by atoms with Crippen LogP contribution in [0.4, 0.5) is 0 Å². The van der Waals surface area contributed by atoms with E-state index in [1.165, 1.54) is 22.2 Å². The third kappa shape index (κ3) is 3.99. The molecule has 134 valence electrons.